The molecule has 0 saturated carbocycles. The van der Waals surface area contributed by atoms with Crippen molar-refractivity contribution in [3.63, 3.8) is 0 Å². The fourth-order valence-electron chi connectivity index (χ4n) is 6.52. The van der Waals surface area contributed by atoms with Crippen LogP contribution in [0, 0.1) is 22.7 Å². The number of hydrogen-bond donors (Lipinski definition) is 2. The normalized spacial score (nSPS) is 16.3. The number of rotatable bonds is 6. The van der Waals surface area contributed by atoms with Gasteiger partial charge in [0.2, 0.25) is 0 Å². The van der Waals surface area contributed by atoms with E-state index < -0.39 is 46.2 Å². The van der Waals surface area contributed by atoms with Crippen molar-refractivity contribution in [2.75, 3.05) is 43.1 Å². The van der Waals surface area contributed by atoms with Crippen LogP contribution in [-0.4, -0.2) is 65.6 Å². The highest BCUT2D eigenvalue weighted by atomic mass is 19.4. The number of nitrogens with zero attached hydrogens (tertiary/aromatic N) is 8. The third kappa shape index (κ3) is 8.95. The summed E-state index contributed by atoms with van der Waals surface area (Å²) in [7, 11) is 1.26. The van der Waals surface area contributed by atoms with Crippen LogP contribution in [0.4, 0.5) is 38.0 Å². The summed E-state index contributed by atoms with van der Waals surface area (Å²) in [5.74, 6) is 5.03. The Morgan fingerprint density at radius 2 is 1.04 bits per heavy atom. The number of hydrogen-bond acceptors (Lipinski definition) is 12. The number of nitriles is 2. The highest BCUT2D eigenvalue weighted by molar-refractivity contribution is 5.91. The standard InChI is InChI=1S/C19H17F3N4O2.C18H17F3N6O/c1-28-17(27)15-6-7-16(25-24-15)26-10-8-18(12-23,9-11-26)13-2-4-14(5-3-13)19(20,21)22;19-18(20,21)13-3-1-12(2-4-13)17(11-22)7-9-27(10-8-17)15-6-5-14(25-26-15)16(28)24-23/h2-7H,8-11H2,1H3;1-6H,7-10,23H2,(H,24,28). The number of piperidine rings is 2. The van der Waals surface area contributed by atoms with Crippen LogP contribution < -0.4 is 21.1 Å². The van der Waals surface area contributed by atoms with E-state index in [1.165, 1.54) is 43.5 Å². The zero-order chi connectivity index (χ0) is 40.7. The first kappa shape index (κ1) is 40.8. The number of benzene rings is 2. The van der Waals surface area contributed by atoms with Crippen molar-refractivity contribution in [1.82, 2.24) is 25.8 Å². The number of amides is 1. The van der Waals surface area contributed by atoms with Gasteiger partial charge in [0.15, 0.2) is 23.0 Å². The number of carbonyl (C=O) groups excluding carboxylic acids is 2. The van der Waals surface area contributed by atoms with E-state index in [-0.39, 0.29) is 11.4 Å². The number of alkyl halides is 6. The van der Waals surface area contributed by atoms with E-state index in [2.05, 4.69) is 37.3 Å². The highest BCUT2D eigenvalue weighted by Gasteiger charge is 2.40. The Labute approximate surface area is 316 Å². The maximum Gasteiger partial charge on any atom is 0.416 e. The molecule has 2 saturated heterocycles. The van der Waals surface area contributed by atoms with Crippen molar-refractivity contribution in [1.29, 1.82) is 10.5 Å². The second-order valence-electron chi connectivity index (χ2n) is 13.0. The molecule has 0 aliphatic carbocycles. The monoisotopic (exact) mass is 780 g/mol. The lowest BCUT2D eigenvalue weighted by atomic mass is 9.74. The molecule has 2 aliphatic heterocycles. The molecule has 19 heteroatoms. The van der Waals surface area contributed by atoms with Gasteiger partial charge in [0, 0.05) is 26.2 Å². The van der Waals surface area contributed by atoms with Crippen LogP contribution in [-0.2, 0) is 27.9 Å². The topological polar surface area (TPSA) is 187 Å². The van der Waals surface area contributed by atoms with E-state index in [1.54, 1.807) is 12.1 Å². The molecule has 0 unspecified atom stereocenters. The van der Waals surface area contributed by atoms with Gasteiger partial charge >= 0.3 is 18.3 Å². The van der Waals surface area contributed by atoms with Gasteiger partial charge < -0.3 is 14.5 Å². The molecule has 4 aromatic rings. The summed E-state index contributed by atoms with van der Waals surface area (Å²) in [6.45, 7) is 1.93. The van der Waals surface area contributed by atoms with Crippen molar-refractivity contribution in [2.24, 2.45) is 5.84 Å². The minimum Gasteiger partial charge on any atom is -0.464 e. The predicted molar refractivity (Wildman–Crippen MR) is 187 cm³/mol. The van der Waals surface area contributed by atoms with Crippen LogP contribution in [0.15, 0.2) is 72.8 Å². The van der Waals surface area contributed by atoms with Gasteiger partial charge in [-0.15, -0.1) is 20.4 Å². The Morgan fingerprint density at radius 1 is 0.661 bits per heavy atom. The highest BCUT2D eigenvalue weighted by Crippen LogP contribution is 2.39. The summed E-state index contributed by atoms with van der Waals surface area (Å²) < 4.78 is 81.2. The number of nitrogen functional groups attached to an aromatic ring is 1. The molecule has 1 amide bonds. The molecular weight excluding hydrogens is 746 g/mol. The molecule has 0 bridgehead atoms. The van der Waals surface area contributed by atoms with Crippen molar-refractivity contribution >= 4 is 23.5 Å². The number of methoxy groups -OCH3 is 1. The fraction of sp³-hybridized carbons (Fsp3) is 0.351. The van der Waals surface area contributed by atoms with E-state index in [9.17, 15) is 46.5 Å². The van der Waals surface area contributed by atoms with Gasteiger partial charge in [0.25, 0.3) is 5.91 Å². The number of esters is 1. The second-order valence-corrected chi connectivity index (χ2v) is 13.0. The van der Waals surface area contributed by atoms with E-state index >= 15 is 0 Å². The molecule has 292 valence electrons. The zero-order valence-corrected chi connectivity index (χ0v) is 29.7. The van der Waals surface area contributed by atoms with Crippen molar-refractivity contribution in [3.05, 3.63) is 106 Å². The average Bonchev–Trinajstić information content (AvgIpc) is 3.23. The van der Waals surface area contributed by atoms with E-state index in [4.69, 9.17) is 5.84 Å². The van der Waals surface area contributed by atoms with Crippen LogP contribution in [0.5, 0.6) is 0 Å². The van der Waals surface area contributed by atoms with Crippen molar-refractivity contribution in [3.8, 4) is 12.1 Å². The molecule has 6 rings (SSSR count). The van der Waals surface area contributed by atoms with Gasteiger partial charge in [-0.25, -0.2) is 10.6 Å². The summed E-state index contributed by atoms with van der Waals surface area (Å²) in [6, 6.07) is 20.4. The Balaban J connectivity index is 0.000000214. The zero-order valence-electron chi connectivity index (χ0n) is 29.7. The van der Waals surface area contributed by atoms with Gasteiger partial charge in [-0.05, 0) is 85.3 Å². The van der Waals surface area contributed by atoms with Gasteiger partial charge in [-0.3, -0.25) is 10.2 Å². The third-order valence-corrected chi connectivity index (χ3v) is 9.90. The summed E-state index contributed by atoms with van der Waals surface area (Å²) >= 11 is 0. The molecule has 0 atom stereocenters. The van der Waals surface area contributed by atoms with E-state index in [0.717, 1.165) is 24.3 Å². The van der Waals surface area contributed by atoms with Crippen LogP contribution in [0.25, 0.3) is 0 Å². The summed E-state index contributed by atoms with van der Waals surface area (Å²) in [5, 5.41) is 35.1. The molecule has 0 spiro atoms. The van der Waals surface area contributed by atoms with Crippen LogP contribution in [0.2, 0.25) is 0 Å². The minimum atomic E-state index is -4.41. The summed E-state index contributed by atoms with van der Waals surface area (Å²) in [6.07, 6.45) is -7.07. The quantitative estimate of drug-likeness (QED) is 0.0824. The first-order chi connectivity index (χ1) is 26.6. The third-order valence-electron chi connectivity index (χ3n) is 9.90. The van der Waals surface area contributed by atoms with Gasteiger partial charge in [-0.2, -0.15) is 36.9 Å². The number of nitrogens with two attached hydrogens (primary N) is 1. The number of hydrazine groups is 1. The largest absolute Gasteiger partial charge is 0.464 e. The number of halogens is 6. The van der Waals surface area contributed by atoms with Crippen LogP contribution >= 0.6 is 0 Å². The first-order valence-corrected chi connectivity index (χ1v) is 17.0. The maximum atomic E-state index is 12.8. The van der Waals surface area contributed by atoms with Crippen LogP contribution in [0.3, 0.4) is 0 Å². The average molecular weight is 781 g/mol. The Bertz CT molecular complexity index is 1910. The Kier molecular flexibility index (Phi) is 12.1. The summed E-state index contributed by atoms with van der Waals surface area (Å²) in [4.78, 5) is 26.7. The summed E-state index contributed by atoms with van der Waals surface area (Å²) in [5.41, 5.74) is 0.127. The molecule has 0 radical (unpaired) electrons. The Morgan fingerprint density at radius 3 is 1.32 bits per heavy atom. The number of carbonyl (C=O) groups is 2. The Hall–Kier alpha value is -6.34. The predicted octanol–water partition coefficient (Wildman–Crippen LogP) is 5.50. The molecule has 2 aromatic carbocycles. The van der Waals surface area contributed by atoms with Crippen molar-refractivity contribution in [2.45, 2.75) is 48.9 Å². The lowest BCUT2D eigenvalue weighted by molar-refractivity contribution is -0.138. The number of aromatic nitrogens is 4. The second kappa shape index (κ2) is 16.6. The number of anilines is 2. The van der Waals surface area contributed by atoms with Crippen LogP contribution in [0.1, 0.15) is 68.9 Å². The lowest BCUT2D eigenvalue weighted by Gasteiger charge is -2.38. The van der Waals surface area contributed by atoms with E-state index in [0.29, 0.717) is 74.6 Å². The molecule has 2 aromatic heterocycles. The molecule has 56 heavy (non-hydrogen) atoms. The van der Waals surface area contributed by atoms with E-state index in [1.807, 2.05) is 15.2 Å². The molecule has 2 fully saturated rings. The minimum absolute atomic E-state index is 0.0828. The smallest absolute Gasteiger partial charge is 0.416 e. The number of nitrogens with one attached hydrogen (secondary N) is 1. The molecule has 4 heterocycles. The lowest BCUT2D eigenvalue weighted by Crippen LogP contribution is -2.42. The van der Waals surface area contributed by atoms with Gasteiger partial charge in [0.05, 0.1) is 41.2 Å². The maximum absolute atomic E-state index is 12.8. The molecular formula is C37H34F6N10O3. The van der Waals surface area contributed by atoms with Gasteiger partial charge in [0.1, 0.15) is 0 Å². The number of ether oxygens (including phenoxy) is 1. The molecule has 2 aliphatic rings. The first-order valence-electron chi connectivity index (χ1n) is 17.0. The molecule has 3 N–H and O–H groups in total. The van der Waals surface area contributed by atoms with Crippen molar-refractivity contribution < 1.29 is 40.7 Å². The molecule has 13 nitrogen and oxygen atoms in total. The SMILES string of the molecule is COC(=O)c1ccc(N2CCC(C#N)(c3ccc(C(F)(F)F)cc3)CC2)nn1.N#CC1(c2ccc(C(F)(F)F)cc2)CCN(c2ccc(C(=O)NN)nn2)CC1. The fourth-order valence-corrected chi connectivity index (χ4v) is 6.52. The van der Waals surface area contributed by atoms with Gasteiger partial charge in [-0.1, -0.05) is 24.3 Å².